The van der Waals surface area contributed by atoms with Crippen molar-refractivity contribution < 1.29 is 9.59 Å². The van der Waals surface area contributed by atoms with E-state index in [1.54, 1.807) is 29.4 Å². The summed E-state index contributed by atoms with van der Waals surface area (Å²) in [5, 5.41) is 6.81. The number of carbonyl (C=O) groups excluding carboxylic acids is 2. The van der Waals surface area contributed by atoms with E-state index in [2.05, 4.69) is 5.32 Å². The average molecular weight is 312 g/mol. The highest BCUT2D eigenvalue weighted by molar-refractivity contribution is 7.08. The monoisotopic (exact) mass is 312 g/mol. The van der Waals surface area contributed by atoms with Crippen molar-refractivity contribution in [1.82, 2.24) is 0 Å². The predicted octanol–water partition coefficient (Wildman–Crippen LogP) is 3.31. The number of carbonyl (C=O) groups is 2. The fraction of sp³-hybridized carbons (Fsp3) is 0.176. The van der Waals surface area contributed by atoms with Crippen LogP contribution in [0.2, 0.25) is 0 Å². The molecule has 22 heavy (non-hydrogen) atoms. The molecule has 112 valence electrons. The molecule has 1 aromatic carbocycles. The van der Waals surface area contributed by atoms with E-state index < -0.39 is 0 Å². The zero-order chi connectivity index (χ0) is 15.5. The first-order valence-electron chi connectivity index (χ1n) is 7.04. The Morgan fingerprint density at radius 3 is 2.95 bits per heavy atom. The highest BCUT2D eigenvalue weighted by Gasteiger charge is 2.20. The van der Waals surface area contributed by atoms with Crippen molar-refractivity contribution in [2.45, 2.75) is 12.8 Å². The van der Waals surface area contributed by atoms with Crippen molar-refractivity contribution >= 4 is 40.6 Å². The van der Waals surface area contributed by atoms with Crippen molar-refractivity contribution in [1.29, 1.82) is 0 Å². The van der Waals surface area contributed by atoms with E-state index in [9.17, 15) is 9.59 Å². The Bertz CT molecular complexity index is 735. The summed E-state index contributed by atoms with van der Waals surface area (Å²) < 4.78 is 0. The van der Waals surface area contributed by atoms with Crippen LogP contribution >= 0.6 is 11.3 Å². The average Bonchev–Trinajstić information content (AvgIpc) is 3.02. The van der Waals surface area contributed by atoms with E-state index in [1.807, 2.05) is 35.0 Å². The van der Waals surface area contributed by atoms with Gasteiger partial charge in [-0.15, -0.1) is 0 Å². The molecule has 0 unspecified atom stereocenters. The van der Waals surface area contributed by atoms with Gasteiger partial charge in [-0.25, -0.2) is 0 Å². The van der Waals surface area contributed by atoms with Crippen molar-refractivity contribution in [3.8, 4) is 0 Å². The molecule has 1 aliphatic heterocycles. The van der Waals surface area contributed by atoms with Crippen LogP contribution in [0.25, 0.3) is 6.08 Å². The molecular weight excluding hydrogens is 296 g/mol. The molecule has 0 saturated carbocycles. The zero-order valence-corrected chi connectivity index (χ0v) is 13.0. The van der Waals surface area contributed by atoms with E-state index in [4.69, 9.17) is 0 Å². The first-order valence-corrected chi connectivity index (χ1v) is 7.98. The Kier molecular flexibility index (Phi) is 4.06. The number of fused-ring (bicyclic) bond motifs is 1. The van der Waals surface area contributed by atoms with Gasteiger partial charge in [0.25, 0.3) is 0 Å². The smallest absolute Gasteiger partial charge is 0.248 e. The Morgan fingerprint density at radius 2 is 2.18 bits per heavy atom. The van der Waals surface area contributed by atoms with Crippen LogP contribution in [0.4, 0.5) is 11.4 Å². The van der Waals surface area contributed by atoms with Crippen LogP contribution in [0.15, 0.2) is 41.1 Å². The third-order valence-corrected chi connectivity index (χ3v) is 4.36. The molecule has 1 aromatic heterocycles. The summed E-state index contributed by atoms with van der Waals surface area (Å²) in [7, 11) is 1.78. The number of hydrogen-bond donors (Lipinski definition) is 1. The van der Waals surface area contributed by atoms with Crippen LogP contribution in [0.1, 0.15) is 17.5 Å². The Labute approximate surface area is 133 Å². The molecule has 0 fully saturated rings. The molecule has 2 aromatic rings. The molecule has 1 N–H and O–H groups in total. The standard InChI is InChI=1S/C17H16N2O2S/c1-19-15-5-4-14(10-13(15)3-7-17(19)21)18-16(20)6-2-12-8-9-22-11-12/h2,4-6,8-11H,3,7H2,1H3,(H,18,20). The van der Waals surface area contributed by atoms with E-state index in [1.165, 1.54) is 6.08 Å². The molecule has 0 bridgehead atoms. The van der Waals surface area contributed by atoms with Gasteiger partial charge in [-0.1, -0.05) is 0 Å². The topological polar surface area (TPSA) is 49.4 Å². The van der Waals surface area contributed by atoms with Crippen molar-refractivity contribution in [2.75, 3.05) is 17.3 Å². The highest BCUT2D eigenvalue weighted by atomic mass is 32.1. The number of rotatable bonds is 3. The van der Waals surface area contributed by atoms with E-state index in [0.717, 1.165) is 22.5 Å². The Hall–Kier alpha value is -2.40. The summed E-state index contributed by atoms with van der Waals surface area (Å²) in [5.41, 5.74) is 3.77. The maximum absolute atomic E-state index is 11.9. The van der Waals surface area contributed by atoms with E-state index in [-0.39, 0.29) is 11.8 Å². The Balaban J connectivity index is 1.71. The van der Waals surface area contributed by atoms with Crippen LogP contribution in [0.5, 0.6) is 0 Å². The van der Waals surface area contributed by atoms with E-state index >= 15 is 0 Å². The molecule has 2 amide bonds. The first-order chi connectivity index (χ1) is 10.6. The molecule has 2 heterocycles. The third-order valence-electron chi connectivity index (χ3n) is 3.66. The SMILES string of the molecule is CN1C(=O)CCc2cc(NC(=O)C=Cc3ccsc3)ccc21. The van der Waals surface area contributed by atoms with Gasteiger partial charge in [0, 0.05) is 30.9 Å². The van der Waals surface area contributed by atoms with Crippen molar-refractivity contribution in [3.63, 3.8) is 0 Å². The maximum Gasteiger partial charge on any atom is 0.248 e. The molecule has 4 nitrogen and oxygen atoms in total. The molecule has 0 spiro atoms. The second-order valence-electron chi connectivity index (χ2n) is 5.18. The number of anilines is 2. The van der Waals surface area contributed by atoms with E-state index in [0.29, 0.717) is 12.8 Å². The second kappa shape index (κ2) is 6.15. The molecule has 0 radical (unpaired) electrons. The maximum atomic E-state index is 11.9. The van der Waals surface area contributed by atoms with Gasteiger partial charge >= 0.3 is 0 Å². The quantitative estimate of drug-likeness (QED) is 0.884. The molecular formula is C17H16N2O2S. The molecule has 0 saturated heterocycles. The number of aryl methyl sites for hydroxylation is 1. The van der Waals surface area contributed by atoms with Crippen molar-refractivity contribution in [3.05, 3.63) is 52.2 Å². The predicted molar refractivity (Wildman–Crippen MR) is 90.2 cm³/mol. The summed E-state index contributed by atoms with van der Waals surface area (Å²) in [6.45, 7) is 0. The lowest BCUT2D eigenvalue weighted by atomic mass is 10.0. The number of nitrogens with zero attached hydrogens (tertiary/aromatic N) is 1. The number of amides is 2. The highest BCUT2D eigenvalue weighted by Crippen LogP contribution is 2.29. The van der Waals surface area contributed by atoms with Gasteiger partial charge in [0.05, 0.1) is 0 Å². The van der Waals surface area contributed by atoms with Crippen LogP contribution < -0.4 is 10.2 Å². The van der Waals surface area contributed by atoms with Gasteiger partial charge in [-0.3, -0.25) is 9.59 Å². The molecule has 0 atom stereocenters. The van der Waals surface area contributed by atoms with Gasteiger partial charge in [0.2, 0.25) is 11.8 Å². The van der Waals surface area contributed by atoms with Gasteiger partial charge in [0.15, 0.2) is 0 Å². The van der Waals surface area contributed by atoms with Gasteiger partial charge in [-0.2, -0.15) is 11.3 Å². The fourth-order valence-corrected chi connectivity index (χ4v) is 3.09. The van der Waals surface area contributed by atoms with Crippen LogP contribution in [-0.2, 0) is 16.0 Å². The normalized spacial score (nSPS) is 14.2. The summed E-state index contributed by atoms with van der Waals surface area (Å²) in [4.78, 5) is 25.3. The lowest BCUT2D eigenvalue weighted by molar-refractivity contribution is -0.118. The number of benzene rings is 1. The molecule has 3 rings (SSSR count). The minimum absolute atomic E-state index is 0.128. The summed E-state index contributed by atoms with van der Waals surface area (Å²) in [6.07, 6.45) is 4.54. The van der Waals surface area contributed by atoms with Crippen LogP contribution in [0, 0.1) is 0 Å². The molecule has 0 aliphatic carbocycles. The molecule has 5 heteroatoms. The summed E-state index contributed by atoms with van der Waals surface area (Å²) in [6, 6.07) is 7.60. The van der Waals surface area contributed by atoms with Crippen molar-refractivity contribution in [2.24, 2.45) is 0 Å². The minimum atomic E-state index is -0.161. The Morgan fingerprint density at radius 1 is 1.32 bits per heavy atom. The number of hydrogen-bond acceptors (Lipinski definition) is 3. The van der Waals surface area contributed by atoms with Gasteiger partial charge in [-0.05, 0) is 58.6 Å². The summed E-state index contributed by atoms with van der Waals surface area (Å²) >= 11 is 1.60. The van der Waals surface area contributed by atoms with Gasteiger partial charge < -0.3 is 10.2 Å². The first kappa shape index (κ1) is 14.5. The number of thiophene rings is 1. The third kappa shape index (κ3) is 3.09. The van der Waals surface area contributed by atoms with Crippen LogP contribution in [-0.4, -0.2) is 18.9 Å². The number of nitrogens with one attached hydrogen (secondary N) is 1. The lowest BCUT2D eigenvalue weighted by Gasteiger charge is -2.26. The molecule has 1 aliphatic rings. The van der Waals surface area contributed by atoms with Crippen LogP contribution in [0.3, 0.4) is 0 Å². The minimum Gasteiger partial charge on any atom is -0.323 e. The fourth-order valence-electron chi connectivity index (χ4n) is 2.46. The second-order valence-corrected chi connectivity index (χ2v) is 5.96. The lowest BCUT2D eigenvalue weighted by Crippen LogP contribution is -2.31. The zero-order valence-electron chi connectivity index (χ0n) is 12.2. The summed E-state index contributed by atoms with van der Waals surface area (Å²) in [5.74, 6) is -0.0330. The largest absolute Gasteiger partial charge is 0.323 e. The van der Waals surface area contributed by atoms with Gasteiger partial charge in [0.1, 0.15) is 0 Å².